The quantitative estimate of drug-likeness (QED) is 0.558. The molecule has 0 saturated heterocycles. The van der Waals surface area contributed by atoms with Crippen LogP contribution in [-0.2, 0) is 9.53 Å². The van der Waals surface area contributed by atoms with Crippen molar-refractivity contribution in [1.29, 1.82) is 0 Å². The van der Waals surface area contributed by atoms with Crippen molar-refractivity contribution in [3.8, 4) is 0 Å². The molecule has 1 atom stereocenters. The Balaban J connectivity index is 3.94. The number of carboxylic acid groups (broad SMARTS) is 1. The Morgan fingerprint density at radius 3 is 2.59 bits per heavy atom. The molecule has 0 radical (unpaired) electrons. The highest BCUT2D eigenvalue weighted by molar-refractivity contribution is 5.85. The lowest BCUT2D eigenvalue weighted by Crippen LogP contribution is -2.19. The fraction of sp³-hybridized carbons (Fsp3) is 0.500. The van der Waals surface area contributed by atoms with Crippen LogP contribution >= 0.6 is 0 Å². The van der Waals surface area contributed by atoms with E-state index in [1.807, 2.05) is 0 Å². The number of halogens is 3. The van der Waals surface area contributed by atoms with Gasteiger partial charge in [0, 0.05) is 0 Å². The summed E-state index contributed by atoms with van der Waals surface area (Å²) in [5.74, 6) is -1.52. The third-order valence-corrected chi connectivity index (χ3v) is 1.61. The molecule has 4 nitrogen and oxygen atoms in total. The van der Waals surface area contributed by atoms with Crippen molar-refractivity contribution in [2.24, 2.45) is 11.7 Å². The summed E-state index contributed by atoms with van der Waals surface area (Å²) in [6.45, 7) is 0.243. The Labute approximate surface area is 96.6 Å². The van der Waals surface area contributed by atoms with Crippen LogP contribution in [0.4, 0.5) is 13.2 Å². The summed E-state index contributed by atoms with van der Waals surface area (Å²) >= 11 is 0. The van der Waals surface area contributed by atoms with Crippen LogP contribution in [0.25, 0.3) is 0 Å². The van der Waals surface area contributed by atoms with Crippen molar-refractivity contribution in [3.05, 3.63) is 23.9 Å². The lowest BCUT2D eigenvalue weighted by atomic mass is 10.2. The molecule has 0 saturated carbocycles. The van der Waals surface area contributed by atoms with Gasteiger partial charge in [0.2, 0.25) is 0 Å². The van der Waals surface area contributed by atoms with Gasteiger partial charge in [-0.2, -0.15) is 13.2 Å². The van der Waals surface area contributed by atoms with E-state index in [0.717, 1.165) is 6.08 Å². The molecule has 0 rings (SSSR count). The lowest BCUT2D eigenvalue weighted by Gasteiger charge is -2.09. The zero-order valence-corrected chi connectivity index (χ0v) is 9.20. The van der Waals surface area contributed by atoms with Gasteiger partial charge in [-0.05, 0) is 12.0 Å². The first-order chi connectivity index (χ1) is 7.72. The van der Waals surface area contributed by atoms with Crippen molar-refractivity contribution in [2.75, 3.05) is 13.2 Å². The fourth-order valence-corrected chi connectivity index (χ4v) is 0.836. The van der Waals surface area contributed by atoms with E-state index in [1.54, 1.807) is 6.92 Å². The van der Waals surface area contributed by atoms with E-state index in [1.165, 1.54) is 12.2 Å². The van der Waals surface area contributed by atoms with E-state index in [2.05, 4.69) is 4.74 Å². The molecule has 17 heavy (non-hydrogen) atoms. The van der Waals surface area contributed by atoms with Crippen LogP contribution in [0.2, 0.25) is 0 Å². The van der Waals surface area contributed by atoms with Gasteiger partial charge in [0.05, 0.1) is 6.61 Å². The van der Waals surface area contributed by atoms with Gasteiger partial charge in [0.15, 0.2) is 0 Å². The molecule has 0 fully saturated rings. The largest absolute Gasteiger partial charge is 0.477 e. The zero-order chi connectivity index (χ0) is 13.5. The SMILES string of the molecule is CC(/C=C\C=C(/N)C(=O)O)COCC(F)(F)F. The molecule has 0 amide bonds. The second-order valence-electron chi connectivity index (χ2n) is 3.42. The minimum Gasteiger partial charge on any atom is -0.477 e. The van der Waals surface area contributed by atoms with Crippen molar-refractivity contribution < 1.29 is 27.8 Å². The third kappa shape index (κ3) is 9.43. The highest BCUT2D eigenvalue weighted by Crippen LogP contribution is 2.15. The standard InChI is InChI=1S/C10H14F3NO3/c1-7(5-17-6-10(11,12)13)3-2-4-8(14)9(15)16/h2-4,7H,5-6,14H2,1H3,(H,15,16)/b3-2-,8-4-. The second-order valence-corrected chi connectivity index (χ2v) is 3.42. The molecule has 0 aromatic heterocycles. The number of carbonyl (C=O) groups is 1. The summed E-state index contributed by atoms with van der Waals surface area (Å²) in [6.07, 6.45) is -0.309. The second kappa shape index (κ2) is 6.95. The summed E-state index contributed by atoms with van der Waals surface area (Å²) < 4.78 is 39.6. The van der Waals surface area contributed by atoms with Gasteiger partial charge >= 0.3 is 12.1 Å². The number of ether oxygens (including phenoxy) is 1. The summed E-state index contributed by atoms with van der Waals surface area (Å²) in [7, 11) is 0. The van der Waals surface area contributed by atoms with Crippen LogP contribution in [0, 0.1) is 5.92 Å². The molecular formula is C10H14F3NO3. The van der Waals surface area contributed by atoms with E-state index >= 15 is 0 Å². The highest BCUT2D eigenvalue weighted by Gasteiger charge is 2.27. The number of allylic oxidation sites excluding steroid dienone is 2. The first-order valence-electron chi connectivity index (χ1n) is 4.74. The van der Waals surface area contributed by atoms with E-state index in [-0.39, 0.29) is 18.2 Å². The number of hydrogen-bond donors (Lipinski definition) is 2. The Morgan fingerprint density at radius 1 is 1.53 bits per heavy atom. The number of aliphatic carboxylic acids is 1. The molecule has 0 aliphatic rings. The van der Waals surface area contributed by atoms with E-state index in [0.29, 0.717) is 0 Å². The van der Waals surface area contributed by atoms with Crippen LogP contribution in [0.5, 0.6) is 0 Å². The fourth-order valence-electron chi connectivity index (χ4n) is 0.836. The number of hydrogen-bond acceptors (Lipinski definition) is 3. The number of nitrogens with two attached hydrogens (primary N) is 1. The molecule has 98 valence electrons. The summed E-state index contributed by atoms with van der Waals surface area (Å²) in [5.41, 5.74) is 4.75. The normalized spacial score (nSPS) is 15.2. The molecule has 1 unspecified atom stereocenters. The molecule has 0 aliphatic carbocycles. The molecule has 3 N–H and O–H groups in total. The average molecular weight is 253 g/mol. The van der Waals surface area contributed by atoms with Gasteiger partial charge in [0.1, 0.15) is 12.3 Å². The Bertz CT molecular complexity index is 310. The van der Waals surface area contributed by atoms with E-state index in [9.17, 15) is 18.0 Å². The van der Waals surface area contributed by atoms with Crippen LogP contribution in [0.3, 0.4) is 0 Å². The molecule has 7 heteroatoms. The van der Waals surface area contributed by atoms with Gasteiger partial charge in [-0.1, -0.05) is 19.1 Å². The van der Waals surface area contributed by atoms with E-state index < -0.39 is 18.8 Å². The maximum atomic E-state index is 11.7. The average Bonchev–Trinajstić information content (AvgIpc) is 2.15. The van der Waals surface area contributed by atoms with Crippen LogP contribution in [-0.4, -0.2) is 30.5 Å². The number of carboxylic acids is 1. The predicted octanol–water partition coefficient (Wildman–Crippen LogP) is 1.68. The Kier molecular flexibility index (Phi) is 6.34. The molecule has 0 aromatic carbocycles. The van der Waals surface area contributed by atoms with Crippen LogP contribution < -0.4 is 5.73 Å². The smallest absolute Gasteiger partial charge is 0.411 e. The number of rotatable bonds is 6. The predicted molar refractivity (Wildman–Crippen MR) is 55.1 cm³/mol. The maximum Gasteiger partial charge on any atom is 0.411 e. The van der Waals surface area contributed by atoms with Crippen molar-refractivity contribution in [2.45, 2.75) is 13.1 Å². The molecule has 0 spiro atoms. The van der Waals surface area contributed by atoms with Crippen molar-refractivity contribution in [1.82, 2.24) is 0 Å². The van der Waals surface area contributed by atoms with Gasteiger partial charge in [-0.3, -0.25) is 0 Å². The minimum atomic E-state index is -4.34. The first-order valence-corrected chi connectivity index (χ1v) is 4.74. The summed E-state index contributed by atoms with van der Waals surface area (Å²) in [4.78, 5) is 10.3. The van der Waals surface area contributed by atoms with Gasteiger partial charge < -0.3 is 15.6 Å². The van der Waals surface area contributed by atoms with E-state index in [4.69, 9.17) is 10.8 Å². The number of alkyl halides is 3. The monoisotopic (exact) mass is 253 g/mol. The van der Waals surface area contributed by atoms with Gasteiger partial charge in [-0.25, -0.2) is 4.79 Å². The van der Waals surface area contributed by atoms with Crippen LogP contribution in [0.1, 0.15) is 6.92 Å². The Morgan fingerprint density at radius 2 is 2.12 bits per heavy atom. The van der Waals surface area contributed by atoms with Crippen LogP contribution in [0.15, 0.2) is 23.9 Å². The molecule has 0 aromatic rings. The maximum absolute atomic E-state index is 11.7. The molecular weight excluding hydrogens is 239 g/mol. The molecule has 0 aliphatic heterocycles. The molecule has 0 bridgehead atoms. The van der Waals surface area contributed by atoms with Crippen molar-refractivity contribution in [3.63, 3.8) is 0 Å². The topological polar surface area (TPSA) is 72.6 Å². The summed E-state index contributed by atoms with van der Waals surface area (Å²) in [5, 5.41) is 8.40. The molecule has 0 heterocycles. The first kappa shape index (κ1) is 15.5. The van der Waals surface area contributed by atoms with Gasteiger partial charge in [0.25, 0.3) is 0 Å². The third-order valence-electron chi connectivity index (χ3n) is 1.61. The Hall–Kier alpha value is -1.50. The van der Waals surface area contributed by atoms with Gasteiger partial charge in [-0.15, -0.1) is 0 Å². The minimum absolute atomic E-state index is 0.100. The highest BCUT2D eigenvalue weighted by atomic mass is 19.4. The zero-order valence-electron chi connectivity index (χ0n) is 9.20. The lowest BCUT2D eigenvalue weighted by molar-refractivity contribution is -0.175. The van der Waals surface area contributed by atoms with Crippen molar-refractivity contribution >= 4 is 5.97 Å². The summed E-state index contributed by atoms with van der Waals surface area (Å²) in [6, 6.07) is 0.